The van der Waals surface area contributed by atoms with Crippen LogP contribution in [0.2, 0.25) is 0 Å². The molecule has 1 aromatic carbocycles. The number of hydrogen-bond acceptors (Lipinski definition) is 2. The minimum Gasteiger partial charge on any atom is -0.478 e. The van der Waals surface area contributed by atoms with Gasteiger partial charge in [0.05, 0.1) is 16.8 Å². The van der Waals surface area contributed by atoms with Gasteiger partial charge in [-0.25, -0.2) is 4.79 Å². The monoisotopic (exact) mass is 270 g/mol. The van der Waals surface area contributed by atoms with Crippen LogP contribution in [-0.4, -0.2) is 20.9 Å². The average Bonchev–Trinajstić information content (AvgIpc) is 2.73. The number of carbonyl (C=O) groups is 1. The maximum Gasteiger partial charge on any atom is 0.417 e. The molecule has 0 aliphatic rings. The van der Waals surface area contributed by atoms with Crippen LogP contribution < -0.4 is 0 Å². The Bertz CT molecular complexity index is 632. The van der Waals surface area contributed by atoms with Crippen molar-refractivity contribution in [2.75, 3.05) is 0 Å². The van der Waals surface area contributed by atoms with E-state index in [-0.39, 0.29) is 5.56 Å². The molecule has 4 nitrogen and oxygen atoms in total. The topological polar surface area (TPSA) is 55.1 Å². The Kier molecular flexibility index (Phi) is 3.05. The molecule has 2 rings (SSSR count). The molecule has 100 valence electrons. The molecule has 0 spiro atoms. The zero-order chi connectivity index (χ0) is 14.2. The van der Waals surface area contributed by atoms with E-state index >= 15 is 0 Å². The van der Waals surface area contributed by atoms with E-state index in [0.717, 1.165) is 12.1 Å². The first-order chi connectivity index (χ1) is 8.80. The summed E-state index contributed by atoms with van der Waals surface area (Å²) in [5.74, 6) is -1.61. The van der Waals surface area contributed by atoms with Crippen molar-refractivity contribution < 1.29 is 23.1 Å². The Hall–Kier alpha value is -2.31. The first-order valence-corrected chi connectivity index (χ1v) is 5.23. The van der Waals surface area contributed by atoms with Crippen molar-refractivity contribution >= 4 is 5.97 Å². The molecular formula is C12H9F3N2O2. The van der Waals surface area contributed by atoms with Gasteiger partial charge in [0, 0.05) is 18.8 Å². The van der Waals surface area contributed by atoms with Crippen molar-refractivity contribution in [1.29, 1.82) is 0 Å². The number of aryl methyl sites for hydroxylation is 1. The van der Waals surface area contributed by atoms with E-state index in [9.17, 15) is 18.0 Å². The summed E-state index contributed by atoms with van der Waals surface area (Å²) in [6.07, 6.45) is -3.27. The number of nitrogens with zero attached hydrogens (tertiary/aromatic N) is 2. The standard InChI is InChI=1S/C12H9F3N2O2/c1-17-10(4-5-16-17)7-2-3-8(11(18)19)9(6-7)12(13,14)15/h2-6H,1H3,(H,18,19). The highest BCUT2D eigenvalue weighted by molar-refractivity contribution is 5.90. The molecule has 0 saturated heterocycles. The van der Waals surface area contributed by atoms with Crippen LogP contribution in [0.4, 0.5) is 13.2 Å². The summed E-state index contributed by atoms with van der Waals surface area (Å²) in [6.45, 7) is 0. The van der Waals surface area contributed by atoms with Crippen LogP contribution in [0.3, 0.4) is 0 Å². The average molecular weight is 270 g/mol. The number of halogens is 3. The SMILES string of the molecule is Cn1nccc1-c1ccc(C(=O)O)c(C(F)(F)F)c1. The maximum atomic E-state index is 12.8. The molecule has 0 aliphatic heterocycles. The Labute approximate surface area is 106 Å². The predicted molar refractivity (Wildman–Crippen MR) is 60.6 cm³/mol. The lowest BCUT2D eigenvalue weighted by molar-refractivity contribution is -0.138. The van der Waals surface area contributed by atoms with Gasteiger partial charge in [-0.15, -0.1) is 0 Å². The molecule has 19 heavy (non-hydrogen) atoms. The van der Waals surface area contributed by atoms with Crippen molar-refractivity contribution in [3.63, 3.8) is 0 Å². The summed E-state index contributed by atoms with van der Waals surface area (Å²) in [5, 5.41) is 12.6. The van der Waals surface area contributed by atoms with Crippen molar-refractivity contribution in [2.45, 2.75) is 6.18 Å². The largest absolute Gasteiger partial charge is 0.478 e. The molecular weight excluding hydrogens is 261 g/mol. The molecule has 0 amide bonds. The lowest BCUT2D eigenvalue weighted by atomic mass is 10.0. The molecule has 2 aromatic rings. The van der Waals surface area contributed by atoms with Gasteiger partial charge in [-0.1, -0.05) is 6.07 Å². The minimum atomic E-state index is -4.72. The number of hydrogen-bond donors (Lipinski definition) is 1. The Morgan fingerprint density at radius 3 is 2.47 bits per heavy atom. The molecule has 0 aliphatic carbocycles. The van der Waals surface area contributed by atoms with Crippen molar-refractivity contribution in [3.05, 3.63) is 41.6 Å². The lowest BCUT2D eigenvalue weighted by Crippen LogP contribution is -2.13. The Morgan fingerprint density at radius 1 is 1.32 bits per heavy atom. The minimum absolute atomic E-state index is 0.261. The molecule has 1 N–H and O–H groups in total. The van der Waals surface area contributed by atoms with Gasteiger partial charge in [-0.2, -0.15) is 18.3 Å². The van der Waals surface area contributed by atoms with Gasteiger partial charge < -0.3 is 5.11 Å². The third-order valence-corrected chi connectivity index (χ3v) is 2.67. The molecule has 0 saturated carbocycles. The lowest BCUT2D eigenvalue weighted by Gasteiger charge is -2.12. The van der Waals surface area contributed by atoms with Gasteiger partial charge in [0.15, 0.2) is 0 Å². The quantitative estimate of drug-likeness (QED) is 0.912. The van der Waals surface area contributed by atoms with Gasteiger partial charge >= 0.3 is 12.1 Å². The van der Waals surface area contributed by atoms with Gasteiger partial charge in [0.1, 0.15) is 0 Å². The van der Waals surface area contributed by atoms with Crippen molar-refractivity contribution in [3.8, 4) is 11.3 Å². The highest BCUT2D eigenvalue weighted by Gasteiger charge is 2.35. The summed E-state index contributed by atoms with van der Waals surface area (Å²) < 4.78 is 39.9. The second kappa shape index (κ2) is 4.42. The van der Waals surface area contributed by atoms with Crippen molar-refractivity contribution in [2.24, 2.45) is 7.05 Å². The first kappa shape index (κ1) is 13.1. The molecule has 0 unspecified atom stereocenters. The van der Waals surface area contributed by atoms with Crippen LogP contribution in [0, 0.1) is 0 Å². The summed E-state index contributed by atoms with van der Waals surface area (Å²) in [7, 11) is 1.59. The van der Waals surface area contributed by atoms with Crippen LogP contribution in [0.25, 0.3) is 11.3 Å². The van der Waals surface area contributed by atoms with E-state index in [1.54, 1.807) is 13.1 Å². The number of aromatic carboxylic acids is 1. The zero-order valence-electron chi connectivity index (χ0n) is 9.77. The Morgan fingerprint density at radius 2 is 2.00 bits per heavy atom. The van der Waals surface area contributed by atoms with E-state index in [4.69, 9.17) is 5.11 Å². The fraction of sp³-hybridized carbons (Fsp3) is 0.167. The molecule has 1 heterocycles. The highest BCUT2D eigenvalue weighted by Crippen LogP contribution is 2.34. The fourth-order valence-electron chi connectivity index (χ4n) is 1.78. The van der Waals surface area contributed by atoms with Gasteiger partial charge in [0.2, 0.25) is 0 Å². The second-order valence-electron chi connectivity index (χ2n) is 3.90. The number of carboxylic acid groups (broad SMARTS) is 1. The van der Waals surface area contributed by atoms with Crippen LogP contribution in [-0.2, 0) is 13.2 Å². The molecule has 7 heteroatoms. The maximum absolute atomic E-state index is 12.8. The van der Waals surface area contributed by atoms with Gasteiger partial charge in [-0.3, -0.25) is 4.68 Å². The van der Waals surface area contributed by atoms with E-state index < -0.39 is 23.3 Å². The third-order valence-electron chi connectivity index (χ3n) is 2.67. The van der Waals surface area contributed by atoms with Crippen LogP contribution >= 0.6 is 0 Å². The third kappa shape index (κ3) is 2.44. The number of aromatic nitrogens is 2. The highest BCUT2D eigenvalue weighted by atomic mass is 19.4. The number of carboxylic acids is 1. The predicted octanol–water partition coefficient (Wildman–Crippen LogP) is 2.80. The van der Waals surface area contributed by atoms with E-state index in [0.29, 0.717) is 5.69 Å². The van der Waals surface area contributed by atoms with E-state index in [2.05, 4.69) is 5.10 Å². The van der Waals surface area contributed by atoms with Crippen LogP contribution in [0.5, 0.6) is 0 Å². The van der Waals surface area contributed by atoms with Gasteiger partial charge in [-0.05, 0) is 18.2 Å². The number of benzene rings is 1. The van der Waals surface area contributed by atoms with Crippen LogP contribution in [0.1, 0.15) is 15.9 Å². The van der Waals surface area contributed by atoms with E-state index in [1.807, 2.05) is 0 Å². The van der Waals surface area contributed by atoms with Crippen molar-refractivity contribution in [1.82, 2.24) is 9.78 Å². The van der Waals surface area contributed by atoms with Gasteiger partial charge in [0.25, 0.3) is 0 Å². The second-order valence-corrected chi connectivity index (χ2v) is 3.90. The van der Waals surface area contributed by atoms with Crippen LogP contribution in [0.15, 0.2) is 30.5 Å². The molecule has 0 fully saturated rings. The Balaban J connectivity index is 2.63. The molecule has 0 radical (unpaired) electrons. The zero-order valence-corrected chi connectivity index (χ0v) is 9.77. The fourth-order valence-corrected chi connectivity index (χ4v) is 1.78. The molecule has 0 bridgehead atoms. The normalized spacial score (nSPS) is 11.6. The molecule has 1 aromatic heterocycles. The smallest absolute Gasteiger partial charge is 0.417 e. The first-order valence-electron chi connectivity index (χ1n) is 5.23. The summed E-state index contributed by atoms with van der Waals surface area (Å²) in [6, 6.07) is 4.65. The summed E-state index contributed by atoms with van der Waals surface area (Å²) >= 11 is 0. The number of alkyl halides is 3. The summed E-state index contributed by atoms with van der Waals surface area (Å²) in [4.78, 5) is 10.8. The number of rotatable bonds is 2. The summed E-state index contributed by atoms with van der Waals surface area (Å²) in [5.41, 5.74) is -1.20. The molecule has 0 atom stereocenters. The van der Waals surface area contributed by atoms with E-state index in [1.165, 1.54) is 16.9 Å².